The number of nitrogens with zero attached hydrogens (tertiary/aromatic N) is 3. The van der Waals surface area contributed by atoms with Crippen molar-refractivity contribution in [3.63, 3.8) is 0 Å². The summed E-state index contributed by atoms with van der Waals surface area (Å²) < 4.78 is 0. The van der Waals surface area contributed by atoms with E-state index >= 15 is 0 Å². The summed E-state index contributed by atoms with van der Waals surface area (Å²) in [6, 6.07) is 7.78. The normalized spacial score (nSPS) is 20.6. The molecule has 0 amide bonds. The van der Waals surface area contributed by atoms with Crippen molar-refractivity contribution in [1.29, 1.82) is 0 Å². The summed E-state index contributed by atoms with van der Waals surface area (Å²) in [6.45, 7) is 3.33. The van der Waals surface area contributed by atoms with Crippen molar-refractivity contribution in [3.05, 3.63) is 41.2 Å². The lowest BCUT2D eigenvalue weighted by Gasteiger charge is -2.30. The van der Waals surface area contributed by atoms with Crippen molar-refractivity contribution in [3.8, 4) is 11.3 Å². The number of pyridine rings is 2. The molecule has 7 heteroatoms. The van der Waals surface area contributed by atoms with Crippen molar-refractivity contribution < 1.29 is 9.90 Å². The summed E-state index contributed by atoms with van der Waals surface area (Å²) in [7, 11) is 0. The van der Waals surface area contributed by atoms with E-state index in [2.05, 4.69) is 15.2 Å². The van der Waals surface area contributed by atoms with Crippen LogP contribution in [0.15, 0.2) is 30.5 Å². The quantitative estimate of drug-likeness (QED) is 0.783. The van der Waals surface area contributed by atoms with Crippen LogP contribution in [-0.2, 0) is 11.2 Å². The largest absolute Gasteiger partial charge is 0.393 e. The van der Waals surface area contributed by atoms with Gasteiger partial charge in [0.05, 0.1) is 16.8 Å². The van der Waals surface area contributed by atoms with Crippen LogP contribution in [0.1, 0.15) is 31.4 Å². The Balaban J connectivity index is 1.53. The Morgan fingerprint density at radius 2 is 2.10 bits per heavy atom. The zero-order valence-corrected chi connectivity index (χ0v) is 17.2. The van der Waals surface area contributed by atoms with Gasteiger partial charge in [0, 0.05) is 49.4 Å². The summed E-state index contributed by atoms with van der Waals surface area (Å²) in [6.07, 6.45) is 5.21. The third-order valence-corrected chi connectivity index (χ3v) is 6.12. The number of anilines is 1. The first-order valence-electron chi connectivity index (χ1n) is 10.4. The van der Waals surface area contributed by atoms with Gasteiger partial charge in [0.1, 0.15) is 11.6 Å². The smallest absolute Gasteiger partial charge is 0.143 e. The van der Waals surface area contributed by atoms with E-state index in [1.807, 2.05) is 24.3 Å². The molecule has 2 N–H and O–H groups in total. The molecular weight excluding hydrogens is 388 g/mol. The zero-order valence-electron chi connectivity index (χ0n) is 16.5. The predicted molar refractivity (Wildman–Crippen MR) is 114 cm³/mol. The summed E-state index contributed by atoms with van der Waals surface area (Å²) >= 11 is 6.43. The van der Waals surface area contributed by atoms with Gasteiger partial charge < -0.3 is 15.3 Å². The minimum atomic E-state index is -0.219. The number of rotatable bonds is 5. The van der Waals surface area contributed by atoms with E-state index in [0.717, 1.165) is 74.6 Å². The Morgan fingerprint density at radius 1 is 1.28 bits per heavy atom. The van der Waals surface area contributed by atoms with Gasteiger partial charge in [0.25, 0.3) is 0 Å². The number of aromatic nitrogens is 2. The summed E-state index contributed by atoms with van der Waals surface area (Å²) in [5, 5.41) is 13.6. The van der Waals surface area contributed by atoms with E-state index < -0.39 is 0 Å². The highest BCUT2D eigenvalue weighted by atomic mass is 35.5. The average molecular weight is 415 g/mol. The lowest BCUT2D eigenvalue weighted by molar-refractivity contribution is -0.122. The number of hydrogen-bond acceptors (Lipinski definition) is 6. The molecule has 2 aliphatic heterocycles. The van der Waals surface area contributed by atoms with Crippen LogP contribution in [0.25, 0.3) is 11.3 Å². The number of piperidine rings is 2. The molecule has 4 rings (SSSR count). The number of carbonyl (C=O) groups is 1. The Kier molecular flexibility index (Phi) is 6.43. The fourth-order valence-corrected chi connectivity index (χ4v) is 4.27. The highest BCUT2D eigenvalue weighted by Gasteiger charge is 2.22. The SMILES string of the molecule is O=C(Cc1cc(-c2cccc(N3CCC(O)CC3)n2)c(Cl)cn1)[C@@H]1CCCNC1. The number of carbonyl (C=O) groups excluding carboxylic acids is 1. The Labute approximate surface area is 176 Å². The van der Waals surface area contributed by atoms with E-state index in [4.69, 9.17) is 16.6 Å². The van der Waals surface area contributed by atoms with Crippen LogP contribution in [0.2, 0.25) is 5.02 Å². The van der Waals surface area contributed by atoms with Crippen molar-refractivity contribution in [2.45, 2.75) is 38.2 Å². The van der Waals surface area contributed by atoms with Gasteiger partial charge in [-0.3, -0.25) is 9.78 Å². The van der Waals surface area contributed by atoms with E-state index in [9.17, 15) is 9.90 Å². The van der Waals surface area contributed by atoms with Crippen molar-refractivity contribution in [2.24, 2.45) is 5.92 Å². The minimum Gasteiger partial charge on any atom is -0.393 e. The number of Topliss-reactive ketones (excluding diaryl/α,β-unsaturated/α-hetero) is 1. The number of hydrogen-bond donors (Lipinski definition) is 2. The van der Waals surface area contributed by atoms with E-state index in [1.165, 1.54) is 0 Å². The van der Waals surface area contributed by atoms with Gasteiger partial charge in [0.15, 0.2) is 0 Å². The lowest BCUT2D eigenvalue weighted by Crippen LogP contribution is -2.36. The van der Waals surface area contributed by atoms with Gasteiger partial charge in [-0.2, -0.15) is 0 Å². The highest BCUT2D eigenvalue weighted by molar-refractivity contribution is 6.33. The molecule has 0 radical (unpaired) electrons. The number of nitrogens with one attached hydrogen (secondary N) is 1. The summed E-state index contributed by atoms with van der Waals surface area (Å²) in [5.41, 5.74) is 2.30. The minimum absolute atomic E-state index is 0.0700. The van der Waals surface area contributed by atoms with Crippen LogP contribution >= 0.6 is 11.6 Å². The molecule has 2 aromatic rings. The Morgan fingerprint density at radius 3 is 2.86 bits per heavy atom. The molecule has 0 aromatic carbocycles. The fraction of sp³-hybridized carbons (Fsp3) is 0.500. The zero-order chi connectivity index (χ0) is 20.2. The maximum atomic E-state index is 12.6. The molecule has 1 atom stereocenters. The van der Waals surface area contributed by atoms with Gasteiger partial charge in [-0.25, -0.2) is 4.98 Å². The maximum Gasteiger partial charge on any atom is 0.143 e. The van der Waals surface area contributed by atoms with Crippen LogP contribution in [0.5, 0.6) is 0 Å². The first-order chi connectivity index (χ1) is 14.1. The fourth-order valence-electron chi connectivity index (χ4n) is 4.07. The van der Waals surface area contributed by atoms with Crippen molar-refractivity contribution in [1.82, 2.24) is 15.3 Å². The summed E-state index contributed by atoms with van der Waals surface area (Å²) in [5.74, 6) is 1.18. The molecule has 2 saturated heterocycles. The highest BCUT2D eigenvalue weighted by Crippen LogP contribution is 2.29. The molecule has 0 saturated carbocycles. The Hall–Kier alpha value is -2.02. The van der Waals surface area contributed by atoms with E-state index in [-0.39, 0.29) is 17.8 Å². The van der Waals surface area contributed by atoms with Gasteiger partial charge in [0.2, 0.25) is 0 Å². The lowest BCUT2D eigenvalue weighted by atomic mass is 9.92. The van der Waals surface area contributed by atoms with Crippen LogP contribution in [-0.4, -0.2) is 53.1 Å². The number of ketones is 1. The molecule has 0 unspecified atom stereocenters. The van der Waals surface area contributed by atoms with Gasteiger partial charge in [-0.15, -0.1) is 0 Å². The Bertz CT molecular complexity index is 862. The summed E-state index contributed by atoms with van der Waals surface area (Å²) in [4.78, 5) is 24.0. The second-order valence-corrected chi connectivity index (χ2v) is 8.35. The molecule has 154 valence electrons. The van der Waals surface area contributed by atoms with Crippen LogP contribution in [0, 0.1) is 5.92 Å². The molecule has 0 spiro atoms. The topological polar surface area (TPSA) is 78.4 Å². The second-order valence-electron chi connectivity index (χ2n) is 7.94. The molecule has 2 aromatic heterocycles. The molecule has 29 heavy (non-hydrogen) atoms. The molecule has 4 heterocycles. The van der Waals surface area contributed by atoms with Crippen molar-refractivity contribution >= 4 is 23.2 Å². The number of aliphatic hydroxyl groups excluding tert-OH is 1. The standard InChI is InChI=1S/C22H27ClN4O2/c23-19-14-25-16(12-21(29)15-3-2-8-24-13-15)11-18(19)20-4-1-5-22(26-20)27-9-6-17(28)7-10-27/h1,4-5,11,14-15,17,24,28H,2-3,6-10,12-13H2/t15-/m1/s1. The molecule has 6 nitrogen and oxygen atoms in total. The molecule has 2 aliphatic rings. The predicted octanol–water partition coefficient (Wildman–Crippen LogP) is 2.87. The third-order valence-electron chi connectivity index (χ3n) is 5.82. The first-order valence-corrected chi connectivity index (χ1v) is 10.8. The van der Waals surface area contributed by atoms with Gasteiger partial charge in [-0.05, 0) is 50.4 Å². The van der Waals surface area contributed by atoms with Gasteiger partial charge in [-0.1, -0.05) is 17.7 Å². The molecule has 0 bridgehead atoms. The molecular formula is C22H27ClN4O2. The monoisotopic (exact) mass is 414 g/mol. The van der Waals surface area contributed by atoms with E-state index in [0.29, 0.717) is 11.4 Å². The average Bonchev–Trinajstić information content (AvgIpc) is 2.76. The second kappa shape index (κ2) is 9.20. The maximum absolute atomic E-state index is 12.6. The van der Waals surface area contributed by atoms with Crippen LogP contribution in [0.3, 0.4) is 0 Å². The molecule has 2 fully saturated rings. The van der Waals surface area contributed by atoms with Crippen molar-refractivity contribution in [2.75, 3.05) is 31.1 Å². The van der Waals surface area contributed by atoms with Gasteiger partial charge >= 0.3 is 0 Å². The number of halogens is 1. The van der Waals surface area contributed by atoms with Crippen LogP contribution < -0.4 is 10.2 Å². The van der Waals surface area contributed by atoms with E-state index in [1.54, 1.807) is 6.20 Å². The van der Waals surface area contributed by atoms with Crippen LogP contribution in [0.4, 0.5) is 5.82 Å². The third kappa shape index (κ3) is 4.94. The molecule has 0 aliphatic carbocycles. The first kappa shape index (κ1) is 20.3. The number of aliphatic hydroxyl groups is 1.